The summed E-state index contributed by atoms with van der Waals surface area (Å²) in [5, 5.41) is 7.43. The fraction of sp³-hybridized carbons (Fsp3) is 0.364. The van der Waals surface area contributed by atoms with Gasteiger partial charge in [0.15, 0.2) is 0 Å². The zero-order valence-corrected chi connectivity index (χ0v) is 13.1. The average molecular weight is 387 g/mol. The van der Waals surface area contributed by atoms with Gasteiger partial charge in [0.05, 0.1) is 11.5 Å². The van der Waals surface area contributed by atoms with Crippen LogP contribution >= 0.6 is 15.9 Å². The van der Waals surface area contributed by atoms with E-state index >= 15 is 0 Å². The lowest BCUT2D eigenvalue weighted by atomic mass is 10.2. The third kappa shape index (κ3) is 6.04. The molecule has 1 amide bonds. The van der Waals surface area contributed by atoms with Crippen LogP contribution in [0.5, 0.6) is 0 Å². The van der Waals surface area contributed by atoms with E-state index in [4.69, 9.17) is 5.14 Å². The monoisotopic (exact) mass is 386 g/mol. The minimum Gasteiger partial charge on any atom is -0.374 e. The summed E-state index contributed by atoms with van der Waals surface area (Å²) in [5.74, 6) is -0.562. The van der Waals surface area contributed by atoms with Crippen molar-refractivity contribution in [3.8, 4) is 0 Å². The van der Waals surface area contributed by atoms with E-state index in [-0.39, 0.29) is 28.1 Å². The van der Waals surface area contributed by atoms with Gasteiger partial charge in [0.25, 0.3) is 12.3 Å². The number of carbonyl (C=O) groups is 1. The summed E-state index contributed by atoms with van der Waals surface area (Å²) in [4.78, 5) is 11.5. The lowest BCUT2D eigenvalue weighted by Crippen LogP contribution is -2.28. The molecule has 0 bridgehead atoms. The quantitative estimate of drug-likeness (QED) is 0.685. The number of benzene rings is 1. The van der Waals surface area contributed by atoms with Gasteiger partial charge in [-0.05, 0) is 34.1 Å². The molecule has 0 saturated carbocycles. The SMILES string of the molecule is NS(=O)(=O)c1cc(C(=O)NCCOCC(F)F)ccc1Br. The van der Waals surface area contributed by atoms with E-state index in [0.29, 0.717) is 0 Å². The Morgan fingerprint density at radius 2 is 2.10 bits per heavy atom. The minimum atomic E-state index is -3.96. The second kappa shape index (κ2) is 7.78. The molecule has 0 heterocycles. The zero-order chi connectivity index (χ0) is 16.0. The molecule has 0 aliphatic carbocycles. The van der Waals surface area contributed by atoms with Crippen molar-refractivity contribution in [2.75, 3.05) is 19.8 Å². The molecule has 0 unspecified atom stereocenters. The molecule has 0 saturated heterocycles. The summed E-state index contributed by atoms with van der Waals surface area (Å²) in [7, 11) is -3.96. The molecular weight excluding hydrogens is 374 g/mol. The minimum absolute atomic E-state index is 0.0202. The van der Waals surface area contributed by atoms with Gasteiger partial charge in [-0.1, -0.05) is 0 Å². The Kier molecular flexibility index (Phi) is 6.65. The maximum atomic E-state index is 11.8. The Balaban J connectivity index is 2.63. The number of hydrogen-bond acceptors (Lipinski definition) is 4. The Labute approximate surface area is 128 Å². The largest absolute Gasteiger partial charge is 0.374 e. The molecule has 0 radical (unpaired) electrons. The van der Waals surface area contributed by atoms with Crippen LogP contribution in [0.15, 0.2) is 27.6 Å². The molecule has 1 rings (SSSR count). The maximum absolute atomic E-state index is 11.8. The Morgan fingerprint density at radius 3 is 2.67 bits per heavy atom. The van der Waals surface area contributed by atoms with Gasteiger partial charge in [-0.15, -0.1) is 0 Å². The van der Waals surface area contributed by atoms with Gasteiger partial charge in [-0.3, -0.25) is 4.79 Å². The van der Waals surface area contributed by atoms with Crippen molar-refractivity contribution >= 4 is 31.9 Å². The number of alkyl halides is 2. The Morgan fingerprint density at radius 1 is 1.43 bits per heavy atom. The fourth-order valence-corrected chi connectivity index (χ4v) is 2.93. The summed E-state index contributed by atoms with van der Waals surface area (Å²) >= 11 is 3.02. The molecule has 1 aromatic carbocycles. The van der Waals surface area contributed by atoms with E-state index in [1.165, 1.54) is 12.1 Å². The van der Waals surface area contributed by atoms with Crippen LogP contribution in [-0.4, -0.2) is 40.5 Å². The van der Waals surface area contributed by atoms with E-state index in [1.807, 2.05) is 0 Å². The lowest BCUT2D eigenvalue weighted by molar-refractivity contribution is 0.0188. The zero-order valence-electron chi connectivity index (χ0n) is 10.7. The van der Waals surface area contributed by atoms with E-state index < -0.39 is 29.0 Å². The molecule has 1 aromatic rings. The first kappa shape index (κ1) is 18.0. The standard InChI is InChI=1S/C11H13BrF2N2O4S/c12-8-2-1-7(5-9(8)21(15,18)19)11(17)16-3-4-20-6-10(13)14/h1-2,5,10H,3-4,6H2,(H,16,17)(H2,15,18,19). The number of rotatable bonds is 7. The molecule has 0 atom stereocenters. The number of nitrogens with one attached hydrogen (secondary N) is 1. The predicted molar refractivity (Wildman–Crippen MR) is 74.7 cm³/mol. The Bertz CT molecular complexity index is 610. The van der Waals surface area contributed by atoms with Crippen LogP contribution in [0.4, 0.5) is 8.78 Å². The van der Waals surface area contributed by atoms with Gasteiger partial charge in [-0.25, -0.2) is 22.3 Å². The molecule has 6 nitrogen and oxygen atoms in total. The van der Waals surface area contributed by atoms with Crippen LogP contribution in [0.2, 0.25) is 0 Å². The molecule has 21 heavy (non-hydrogen) atoms. The van der Waals surface area contributed by atoms with Crippen LogP contribution < -0.4 is 10.5 Å². The number of sulfonamides is 1. The van der Waals surface area contributed by atoms with Crippen molar-refractivity contribution in [3.63, 3.8) is 0 Å². The molecule has 10 heteroatoms. The third-order valence-corrected chi connectivity index (χ3v) is 4.18. The average Bonchev–Trinajstić information content (AvgIpc) is 2.36. The summed E-state index contributed by atoms with van der Waals surface area (Å²) in [6, 6.07) is 3.89. The van der Waals surface area contributed by atoms with Gasteiger partial charge in [0.1, 0.15) is 6.61 Å². The molecule has 0 spiro atoms. The number of nitrogens with two attached hydrogens (primary N) is 1. The number of ether oxygens (including phenoxy) is 1. The summed E-state index contributed by atoms with van der Waals surface area (Å²) < 4.78 is 51.0. The highest BCUT2D eigenvalue weighted by molar-refractivity contribution is 9.10. The van der Waals surface area contributed by atoms with Crippen molar-refractivity contribution in [2.45, 2.75) is 11.3 Å². The first-order valence-electron chi connectivity index (χ1n) is 5.68. The van der Waals surface area contributed by atoms with Gasteiger partial charge >= 0.3 is 0 Å². The highest BCUT2D eigenvalue weighted by atomic mass is 79.9. The van der Waals surface area contributed by atoms with Crippen LogP contribution in [0.3, 0.4) is 0 Å². The van der Waals surface area contributed by atoms with Crippen LogP contribution in [0.1, 0.15) is 10.4 Å². The predicted octanol–water partition coefficient (Wildman–Crippen LogP) is 1.11. The van der Waals surface area contributed by atoms with Crippen LogP contribution in [-0.2, 0) is 14.8 Å². The molecule has 0 aliphatic heterocycles. The van der Waals surface area contributed by atoms with Gasteiger partial charge in [0, 0.05) is 16.6 Å². The summed E-state index contributed by atoms with van der Waals surface area (Å²) in [6.45, 7) is -0.759. The molecule has 0 fully saturated rings. The van der Waals surface area contributed by atoms with Crippen molar-refractivity contribution in [1.29, 1.82) is 0 Å². The van der Waals surface area contributed by atoms with E-state index in [9.17, 15) is 22.0 Å². The lowest BCUT2D eigenvalue weighted by Gasteiger charge is -2.08. The van der Waals surface area contributed by atoms with Gasteiger partial charge < -0.3 is 10.1 Å². The second-order valence-electron chi connectivity index (χ2n) is 3.91. The fourth-order valence-electron chi connectivity index (χ4n) is 1.37. The smallest absolute Gasteiger partial charge is 0.261 e. The first-order valence-corrected chi connectivity index (χ1v) is 8.02. The van der Waals surface area contributed by atoms with Crippen molar-refractivity contribution < 1.29 is 26.7 Å². The maximum Gasteiger partial charge on any atom is 0.261 e. The molecule has 0 aromatic heterocycles. The van der Waals surface area contributed by atoms with E-state index in [1.54, 1.807) is 0 Å². The van der Waals surface area contributed by atoms with Crippen molar-refractivity contribution in [3.05, 3.63) is 28.2 Å². The van der Waals surface area contributed by atoms with E-state index in [0.717, 1.165) is 6.07 Å². The number of carbonyl (C=O) groups excluding carboxylic acids is 1. The van der Waals surface area contributed by atoms with Gasteiger partial charge in [-0.2, -0.15) is 0 Å². The molecule has 0 aliphatic rings. The van der Waals surface area contributed by atoms with E-state index in [2.05, 4.69) is 26.0 Å². The number of halogens is 3. The van der Waals surface area contributed by atoms with Gasteiger partial charge in [0.2, 0.25) is 10.0 Å². The number of amides is 1. The molecular formula is C11H13BrF2N2O4S. The normalized spacial score (nSPS) is 11.7. The summed E-state index contributed by atoms with van der Waals surface area (Å²) in [5.41, 5.74) is 0.0797. The summed E-state index contributed by atoms with van der Waals surface area (Å²) in [6.07, 6.45) is -2.57. The molecule has 118 valence electrons. The Hall–Kier alpha value is -1.10. The second-order valence-corrected chi connectivity index (χ2v) is 6.30. The number of hydrogen-bond donors (Lipinski definition) is 2. The van der Waals surface area contributed by atoms with Crippen LogP contribution in [0, 0.1) is 0 Å². The number of primary sulfonamides is 1. The topological polar surface area (TPSA) is 98.5 Å². The van der Waals surface area contributed by atoms with Crippen molar-refractivity contribution in [1.82, 2.24) is 5.32 Å². The molecule has 3 N–H and O–H groups in total. The van der Waals surface area contributed by atoms with Crippen molar-refractivity contribution in [2.24, 2.45) is 5.14 Å². The first-order chi connectivity index (χ1) is 9.71. The highest BCUT2D eigenvalue weighted by Gasteiger charge is 2.15. The highest BCUT2D eigenvalue weighted by Crippen LogP contribution is 2.21. The van der Waals surface area contributed by atoms with Crippen LogP contribution in [0.25, 0.3) is 0 Å². The third-order valence-electron chi connectivity index (χ3n) is 2.28.